The molecule has 1 aromatic rings. The molecule has 0 aromatic heterocycles. The van der Waals surface area contributed by atoms with Crippen LogP contribution in [0.2, 0.25) is 0 Å². The quantitative estimate of drug-likeness (QED) is 0.889. The third-order valence-corrected chi connectivity index (χ3v) is 3.64. The predicted octanol–water partition coefficient (Wildman–Crippen LogP) is 1.38. The van der Waals surface area contributed by atoms with Crippen molar-refractivity contribution < 1.29 is 24.2 Å². The van der Waals surface area contributed by atoms with Crippen molar-refractivity contribution in [3.8, 4) is 5.75 Å². The van der Waals surface area contributed by atoms with Crippen molar-refractivity contribution >= 4 is 11.9 Å². The molecule has 1 unspecified atom stereocenters. The van der Waals surface area contributed by atoms with Crippen molar-refractivity contribution in [3.05, 3.63) is 29.3 Å². The van der Waals surface area contributed by atoms with Crippen LogP contribution in [0.25, 0.3) is 0 Å². The summed E-state index contributed by atoms with van der Waals surface area (Å²) in [4.78, 5) is 24.5. The zero-order valence-corrected chi connectivity index (χ0v) is 12.9. The predicted molar refractivity (Wildman–Crippen MR) is 80.0 cm³/mol. The summed E-state index contributed by atoms with van der Waals surface area (Å²) in [7, 11) is 0. The second-order valence-corrected chi connectivity index (χ2v) is 5.44. The van der Waals surface area contributed by atoms with E-state index in [0.717, 1.165) is 16.9 Å². The molecule has 120 valence electrons. The Labute approximate surface area is 129 Å². The second-order valence-electron chi connectivity index (χ2n) is 5.44. The smallest absolute Gasteiger partial charge is 0.306 e. The van der Waals surface area contributed by atoms with Gasteiger partial charge in [0.1, 0.15) is 5.75 Å². The Bertz CT molecular complexity index is 537. The average Bonchev–Trinajstić information content (AvgIpc) is 2.46. The highest BCUT2D eigenvalue weighted by atomic mass is 16.5. The van der Waals surface area contributed by atoms with Gasteiger partial charge in [0.15, 0.2) is 6.61 Å². The molecule has 22 heavy (non-hydrogen) atoms. The fourth-order valence-electron chi connectivity index (χ4n) is 2.52. The van der Waals surface area contributed by atoms with Crippen molar-refractivity contribution in [3.63, 3.8) is 0 Å². The molecule has 0 aliphatic carbocycles. The zero-order valence-electron chi connectivity index (χ0n) is 12.9. The van der Waals surface area contributed by atoms with E-state index in [1.165, 1.54) is 0 Å². The van der Waals surface area contributed by atoms with Gasteiger partial charge in [-0.05, 0) is 25.0 Å². The highest BCUT2D eigenvalue weighted by Gasteiger charge is 2.26. The molecule has 1 N–H and O–H groups in total. The molecule has 0 bridgehead atoms. The van der Waals surface area contributed by atoms with Crippen LogP contribution in [0.1, 0.15) is 17.5 Å². The van der Waals surface area contributed by atoms with Gasteiger partial charge in [0.25, 0.3) is 5.91 Å². The van der Waals surface area contributed by atoms with Crippen molar-refractivity contribution in [1.82, 2.24) is 4.90 Å². The number of benzene rings is 1. The molecule has 1 heterocycles. The molecule has 1 amide bonds. The number of aryl methyl sites for hydroxylation is 2. The van der Waals surface area contributed by atoms with Crippen LogP contribution in [0, 0.1) is 13.8 Å². The van der Waals surface area contributed by atoms with Crippen LogP contribution in [0.5, 0.6) is 5.75 Å². The molecule has 6 heteroatoms. The van der Waals surface area contributed by atoms with E-state index in [1.807, 2.05) is 32.0 Å². The third-order valence-electron chi connectivity index (χ3n) is 3.64. The minimum Gasteiger partial charge on any atom is -0.483 e. The molecular formula is C16H21NO5. The lowest BCUT2D eigenvalue weighted by Crippen LogP contribution is -2.47. The standard InChI is InChI=1S/C16H21NO5/c1-11-4-3-5-12(2)16(11)22-10-14(18)17-6-7-21-13(9-17)8-15(19)20/h3-5,13H,6-10H2,1-2H3,(H,19,20). The van der Waals surface area contributed by atoms with Gasteiger partial charge >= 0.3 is 5.97 Å². The topological polar surface area (TPSA) is 76.1 Å². The van der Waals surface area contributed by atoms with Crippen molar-refractivity contribution in [1.29, 1.82) is 0 Å². The maximum absolute atomic E-state index is 12.2. The van der Waals surface area contributed by atoms with Crippen LogP contribution < -0.4 is 4.74 Å². The summed E-state index contributed by atoms with van der Waals surface area (Å²) in [6.45, 7) is 4.93. The Morgan fingerprint density at radius 1 is 1.36 bits per heavy atom. The van der Waals surface area contributed by atoms with E-state index in [0.29, 0.717) is 19.7 Å². The van der Waals surface area contributed by atoms with Gasteiger partial charge < -0.3 is 19.5 Å². The SMILES string of the molecule is Cc1cccc(C)c1OCC(=O)N1CCOC(CC(=O)O)C1. The molecule has 1 atom stereocenters. The Kier molecular flexibility index (Phi) is 5.38. The van der Waals surface area contributed by atoms with Gasteiger partial charge in [-0.25, -0.2) is 0 Å². The first-order chi connectivity index (χ1) is 10.5. The molecule has 0 spiro atoms. The highest BCUT2D eigenvalue weighted by Crippen LogP contribution is 2.22. The van der Waals surface area contributed by atoms with E-state index in [2.05, 4.69) is 0 Å². The van der Waals surface area contributed by atoms with Gasteiger partial charge in [0, 0.05) is 13.1 Å². The van der Waals surface area contributed by atoms with Gasteiger partial charge in [-0.1, -0.05) is 18.2 Å². The van der Waals surface area contributed by atoms with Gasteiger partial charge in [-0.3, -0.25) is 9.59 Å². The fraction of sp³-hybridized carbons (Fsp3) is 0.500. The number of hydrogen-bond donors (Lipinski definition) is 1. The van der Waals surface area contributed by atoms with Gasteiger partial charge in [-0.15, -0.1) is 0 Å². The largest absolute Gasteiger partial charge is 0.483 e. The van der Waals surface area contributed by atoms with E-state index in [4.69, 9.17) is 14.6 Å². The number of carbonyl (C=O) groups is 2. The molecule has 0 saturated carbocycles. The van der Waals surface area contributed by atoms with E-state index in [1.54, 1.807) is 4.90 Å². The number of nitrogens with zero attached hydrogens (tertiary/aromatic N) is 1. The lowest BCUT2D eigenvalue weighted by Gasteiger charge is -2.32. The molecule has 1 aromatic carbocycles. The number of carboxylic acid groups (broad SMARTS) is 1. The Hall–Kier alpha value is -2.08. The normalized spacial score (nSPS) is 18.1. The van der Waals surface area contributed by atoms with Gasteiger partial charge in [0.2, 0.25) is 0 Å². The van der Waals surface area contributed by atoms with Gasteiger partial charge in [-0.2, -0.15) is 0 Å². The highest BCUT2D eigenvalue weighted by molar-refractivity contribution is 5.78. The number of hydrogen-bond acceptors (Lipinski definition) is 4. The maximum Gasteiger partial charge on any atom is 0.306 e. The number of amides is 1. The first-order valence-corrected chi connectivity index (χ1v) is 7.27. The first-order valence-electron chi connectivity index (χ1n) is 7.27. The molecule has 1 aliphatic rings. The maximum atomic E-state index is 12.2. The summed E-state index contributed by atoms with van der Waals surface area (Å²) < 4.78 is 11.0. The molecule has 1 fully saturated rings. The summed E-state index contributed by atoms with van der Waals surface area (Å²) in [6.07, 6.45) is -0.544. The minimum atomic E-state index is -0.925. The van der Waals surface area contributed by atoms with Crippen LogP contribution in [-0.2, 0) is 14.3 Å². The number of ether oxygens (including phenoxy) is 2. The van der Waals surface area contributed by atoms with Crippen molar-refractivity contribution in [2.24, 2.45) is 0 Å². The number of carbonyl (C=O) groups excluding carboxylic acids is 1. The number of para-hydroxylation sites is 1. The Morgan fingerprint density at radius 3 is 2.68 bits per heavy atom. The Balaban J connectivity index is 1.90. The van der Waals surface area contributed by atoms with Crippen LogP contribution in [0.3, 0.4) is 0 Å². The summed E-state index contributed by atoms with van der Waals surface area (Å²) in [5.41, 5.74) is 1.97. The van der Waals surface area contributed by atoms with Gasteiger partial charge in [0.05, 0.1) is 19.1 Å². The fourth-order valence-corrected chi connectivity index (χ4v) is 2.52. The average molecular weight is 307 g/mol. The second kappa shape index (κ2) is 7.26. The van der Waals surface area contributed by atoms with Crippen LogP contribution in [0.4, 0.5) is 0 Å². The molecule has 6 nitrogen and oxygen atoms in total. The lowest BCUT2D eigenvalue weighted by molar-refractivity contribution is -0.148. The summed E-state index contributed by atoms with van der Waals surface area (Å²) in [5.74, 6) is -0.348. The molecule has 1 saturated heterocycles. The monoisotopic (exact) mass is 307 g/mol. The third kappa shape index (κ3) is 4.21. The lowest BCUT2D eigenvalue weighted by atomic mass is 10.1. The number of rotatable bonds is 5. The van der Waals surface area contributed by atoms with E-state index < -0.39 is 12.1 Å². The zero-order chi connectivity index (χ0) is 16.1. The summed E-state index contributed by atoms with van der Waals surface area (Å²) >= 11 is 0. The van der Waals surface area contributed by atoms with E-state index >= 15 is 0 Å². The number of carboxylic acids is 1. The molecule has 2 rings (SSSR count). The molecule has 1 aliphatic heterocycles. The summed E-state index contributed by atoms with van der Waals surface area (Å²) in [5, 5.41) is 8.80. The van der Waals surface area contributed by atoms with Crippen LogP contribution in [0.15, 0.2) is 18.2 Å². The molecule has 0 radical (unpaired) electrons. The Morgan fingerprint density at radius 2 is 2.05 bits per heavy atom. The van der Waals surface area contributed by atoms with E-state index in [-0.39, 0.29) is 18.9 Å². The first kappa shape index (κ1) is 16.3. The van der Waals surface area contributed by atoms with Crippen LogP contribution >= 0.6 is 0 Å². The van der Waals surface area contributed by atoms with Crippen molar-refractivity contribution in [2.45, 2.75) is 26.4 Å². The number of morpholine rings is 1. The van der Waals surface area contributed by atoms with Crippen molar-refractivity contribution in [2.75, 3.05) is 26.3 Å². The van der Waals surface area contributed by atoms with Crippen LogP contribution in [-0.4, -0.2) is 54.3 Å². The minimum absolute atomic E-state index is 0.0501. The van der Waals surface area contributed by atoms with E-state index in [9.17, 15) is 9.59 Å². The number of aliphatic carboxylic acids is 1. The summed E-state index contributed by atoms with van der Waals surface area (Å²) in [6, 6.07) is 5.81. The molecular weight excluding hydrogens is 286 g/mol.